The van der Waals surface area contributed by atoms with Gasteiger partial charge in [-0.15, -0.1) is 0 Å². The topological polar surface area (TPSA) is 49.3 Å². The molecular formula is C15H23NO2. The highest BCUT2D eigenvalue weighted by Gasteiger charge is 2.04. The van der Waals surface area contributed by atoms with E-state index >= 15 is 0 Å². The van der Waals surface area contributed by atoms with Crippen LogP contribution in [0.1, 0.15) is 54.9 Å². The van der Waals surface area contributed by atoms with Crippen LogP contribution in [0, 0.1) is 6.92 Å². The van der Waals surface area contributed by atoms with Gasteiger partial charge in [0.2, 0.25) is 0 Å². The SMILES string of the molecule is CCCCCCCNc1ccc(C(=O)O)cc1C. The molecule has 0 aliphatic carbocycles. The van der Waals surface area contributed by atoms with E-state index in [0.29, 0.717) is 5.56 Å². The van der Waals surface area contributed by atoms with Crippen LogP contribution in [-0.2, 0) is 0 Å². The van der Waals surface area contributed by atoms with Gasteiger partial charge >= 0.3 is 5.97 Å². The Morgan fingerprint density at radius 1 is 1.22 bits per heavy atom. The maximum atomic E-state index is 10.8. The number of nitrogens with one attached hydrogen (secondary N) is 1. The summed E-state index contributed by atoms with van der Waals surface area (Å²) < 4.78 is 0. The van der Waals surface area contributed by atoms with Crippen LogP contribution in [0.5, 0.6) is 0 Å². The highest BCUT2D eigenvalue weighted by atomic mass is 16.4. The number of rotatable bonds is 8. The molecule has 0 aliphatic heterocycles. The second kappa shape index (κ2) is 7.75. The zero-order chi connectivity index (χ0) is 13.4. The third-order valence-electron chi connectivity index (χ3n) is 3.07. The summed E-state index contributed by atoms with van der Waals surface area (Å²) in [5.74, 6) is -0.871. The van der Waals surface area contributed by atoms with E-state index in [1.165, 1.54) is 32.1 Å². The maximum Gasteiger partial charge on any atom is 0.335 e. The molecule has 0 spiro atoms. The minimum absolute atomic E-state index is 0.348. The van der Waals surface area contributed by atoms with Crippen molar-refractivity contribution in [2.75, 3.05) is 11.9 Å². The predicted molar refractivity (Wildman–Crippen MR) is 75.4 cm³/mol. The summed E-state index contributed by atoms with van der Waals surface area (Å²) in [6.07, 6.45) is 6.30. The van der Waals surface area contributed by atoms with Crippen molar-refractivity contribution in [3.63, 3.8) is 0 Å². The number of aryl methyl sites for hydroxylation is 1. The summed E-state index contributed by atoms with van der Waals surface area (Å²) in [7, 11) is 0. The van der Waals surface area contributed by atoms with Gasteiger partial charge in [0, 0.05) is 12.2 Å². The maximum absolute atomic E-state index is 10.8. The van der Waals surface area contributed by atoms with Crippen LogP contribution in [0.3, 0.4) is 0 Å². The normalized spacial score (nSPS) is 10.3. The molecule has 0 heterocycles. The second-order valence-corrected chi connectivity index (χ2v) is 4.68. The lowest BCUT2D eigenvalue weighted by molar-refractivity contribution is 0.0697. The molecule has 0 fully saturated rings. The first-order valence-electron chi connectivity index (χ1n) is 6.73. The number of unbranched alkanes of at least 4 members (excludes halogenated alkanes) is 4. The van der Waals surface area contributed by atoms with Crippen molar-refractivity contribution in [2.45, 2.75) is 46.0 Å². The molecule has 1 rings (SSSR count). The Morgan fingerprint density at radius 2 is 1.94 bits per heavy atom. The van der Waals surface area contributed by atoms with Crippen LogP contribution in [0.25, 0.3) is 0 Å². The molecule has 2 N–H and O–H groups in total. The van der Waals surface area contributed by atoms with Gasteiger partial charge in [0.25, 0.3) is 0 Å². The molecule has 3 nitrogen and oxygen atoms in total. The largest absolute Gasteiger partial charge is 0.478 e. The molecule has 1 aromatic carbocycles. The van der Waals surface area contributed by atoms with Gasteiger partial charge in [-0.3, -0.25) is 0 Å². The molecule has 0 amide bonds. The fraction of sp³-hybridized carbons (Fsp3) is 0.533. The molecule has 1 aromatic rings. The standard InChI is InChI=1S/C15H23NO2/c1-3-4-5-6-7-10-16-14-9-8-13(15(17)18)11-12(14)2/h8-9,11,16H,3-7,10H2,1-2H3,(H,17,18). The van der Waals surface area contributed by atoms with Gasteiger partial charge in [0.1, 0.15) is 0 Å². The fourth-order valence-electron chi connectivity index (χ4n) is 1.95. The lowest BCUT2D eigenvalue weighted by atomic mass is 10.1. The van der Waals surface area contributed by atoms with E-state index in [-0.39, 0.29) is 0 Å². The summed E-state index contributed by atoms with van der Waals surface area (Å²) in [5.41, 5.74) is 2.37. The van der Waals surface area contributed by atoms with E-state index in [9.17, 15) is 4.79 Å². The van der Waals surface area contributed by atoms with Crippen molar-refractivity contribution in [3.8, 4) is 0 Å². The summed E-state index contributed by atoms with van der Waals surface area (Å²) >= 11 is 0. The molecule has 0 radical (unpaired) electrons. The van der Waals surface area contributed by atoms with Crippen molar-refractivity contribution >= 4 is 11.7 Å². The molecule has 0 atom stereocenters. The Hall–Kier alpha value is -1.51. The number of hydrogen-bond acceptors (Lipinski definition) is 2. The minimum atomic E-state index is -0.871. The summed E-state index contributed by atoms with van der Waals surface area (Å²) in [5, 5.41) is 12.2. The van der Waals surface area contributed by atoms with Crippen LogP contribution in [0.4, 0.5) is 5.69 Å². The fourth-order valence-corrected chi connectivity index (χ4v) is 1.95. The first-order chi connectivity index (χ1) is 8.65. The van der Waals surface area contributed by atoms with Crippen molar-refractivity contribution in [1.82, 2.24) is 0 Å². The first-order valence-corrected chi connectivity index (χ1v) is 6.73. The second-order valence-electron chi connectivity index (χ2n) is 4.68. The molecule has 0 bridgehead atoms. The zero-order valence-corrected chi connectivity index (χ0v) is 11.3. The van der Waals surface area contributed by atoms with Crippen molar-refractivity contribution < 1.29 is 9.90 Å². The van der Waals surface area contributed by atoms with Gasteiger partial charge in [-0.05, 0) is 37.1 Å². The summed E-state index contributed by atoms with van der Waals surface area (Å²) in [6, 6.07) is 5.21. The quantitative estimate of drug-likeness (QED) is 0.683. The molecule has 0 aromatic heterocycles. The van der Waals surface area contributed by atoms with E-state index in [1.807, 2.05) is 13.0 Å². The molecular weight excluding hydrogens is 226 g/mol. The molecule has 0 saturated heterocycles. The number of carboxylic acids is 1. The van der Waals surface area contributed by atoms with Gasteiger partial charge in [-0.25, -0.2) is 4.79 Å². The molecule has 0 unspecified atom stereocenters. The van der Waals surface area contributed by atoms with Gasteiger partial charge in [-0.1, -0.05) is 32.6 Å². The van der Waals surface area contributed by atoms with Crippen molar-refractivity contribution in [3.05, 3.63) is 29.3 Å². The van der Waals surface area contributed by atoms with Crippen LogP contribution >= 0.6 is 0 Å². The van der Waals surface area contributed by atoms with Crippen molar-refractivity contribution in [2.24, 2.45) is 0 Å². The number of carboxylic acid groups (broad SMARTS) is 1. The summed E-state index contributed by atoms with van der Waals surface area (Å²) in [6.45, 7) is 5.11. The Kier molecular flexibility index (Phi) is 6.26. The minimum Gasteiger partial charge on any atom is -0.478 e. The molecule has 100 valence electrons. The number of aromatic carboxylic acids is 1. The smallest absolute Gasteiger partial charge is 0.335 e. The van der Waals surface area contributed by atoms with E-state index in [0.717, 1.165) is 17.8 Å². The monoisotopic (exact) mass is 249 g/mol. The highest BCUT2D eigenvalue weighted by Crippen LogP contribution is 2.16. The van der Waals surface area contributed by atoms with Gasteiger partial charge in [0.15, 0.2) is 0 Å². The molecule has 0 aliphatic rings. The highest BCUT2D eigenvalue weighted by molar-refractivity contribution is 5.88. The summed E-state index contributed by atoms with van der Waals surface area (Å²) in [4.78, 5) is 10.8. The number of carbonyl (C=O) groups is 1. The zero-order valence-electron chi connectivity index (χ0n) is 11.3. The van der Waals surface area contributed by atoms with Crippen molar-refractivity contribution in [1.29, 1.82) is 0 Å². The van der Waals surface area contributed by atoms with Gasteiger partial charge in [-0.2, -0.15) is 0 Å². The van der Waals surface area contributed by atoms with E-state index in [1.54, 1.807) is 12.1 Å². The van der Waals surface area contributed by atoms with Crippen LogP contribution in [0.15, 0.2) is 18.2 Å². The van der Waals surface area contributed by atoms with Crippen LogP contribution < -0.4 is 5.32 Å². The number of anilines is 1. The Labute approximate surface area is 109 Å². The molecule has 3 heteroatoms. The van der Waals surface area contributed by atoms with E-state index in [4.69, 9.17) is 5.11 Å². The molecule has 0 saturated carbocycles. The van der Waals surface area contributed by atoms with Crippen LogP contribution in [0.2, 0.25) is 0 Å². The Morgan fingerprint density at radius 3 is 2.56 bits per heavy atom. The predicted octanol–water partition coefficient (Wildman–Crippen LogP) is 4.08. The van der Waals surface area contributed by atoms with Crippen LogP contribution in [-0.4, -0.2) is 17.6 Å². The molecule has 18 heavy (non-hydrogen) atoms. The van der Waals surface area contributed by atoms with E-state index < -0.39 is 5.97 Å². The lowest BCUT2D eigenvalue weighted by Crippen LogP contribution is -2.04. The lowest BCUT2D eigenvalue weighted by Gasteiger charge is -2.10. The Bertz CT molecular complexity index is 388. The Balaban J connectivity index is 2.36. The number of hydrogen-bond donors (Lipinski definition) is 2. The average molecular weight is 249 g/mol. The first kappa shape index (κ1) is 14.6. The van der Waals surface area contributed by atoms with E-state index in [2.05, 4.69) is 12.2 Å². The third kappa shape index (κ3) is 4.78. The number of benzene rings is 1. The third-order valence-corrected chi connectivity index (χ3v) is 3.07. The van der Waals surface area contributed by atoms with Gasteiger partial charge < -0.3 is 10.4 Å². The van der Waals surface area contributed by atoms with Gasteiger partial charge in [0.05, 0.1) is 5.56 Å². The average Bonchev–Trinajstić information content (AvgIpc) is 2.35.